The van der Waals surface area contributed by atoms with E-state index >= 15 is 0 Å². The standard InChI is InChI=1S/C7H15O3P/c1-4-5-6(2)7(3)11(8,9)10/h4,6-7H,1,5H2,2-3H3,(H2,8,9,10). The van der Waals surface area contributed by atoms with Crippen molar-refractivity contribution in [3.63, 3.8) is 0 Å². The van der Waals surface area contributed by atoms with Gasteiger partial charge in [0.05, 0.1) is 5.66 Å². The van der Waals surface area contributed by atoms with Gasteiger partial charge in [0, 0.05) is 0 Å². The van der Waals surface area contributed by atoms with Crippen LogP contribution in [0.15, 0.2) is 12.7 Å². The molecule has 0 aliphatic heterocycles. The fourth-order valence-corrected chi connectivity index (χ4v) is 1.58. The van der Waals surface area contributed by atoms with Gasteiger partial charge in [-0.3, -0.25) is 4.57 Å². The first-order valence-electron chi connectivity index (χ1n) is 3.55. The van der Waals surface area contributed by atoms with Crippen LogP contribution in [-0.4, -0.2) is 15.4 Å². The summed E-state index contributed by atoms with van der Waals surface area (Å²) in [6.07, 6.45) is 2.32. The first-order chi connectivity index (χ1) is 4.89. The van der Waals surface area contributed by atoms with Gasteiger partial charge in [0.1, 0.15) is 0 Å². The summed E-state index contributed by atoms with van der Waals surface area (Å²) in [6.45, 7) is 6.89. The van der Waals surface area contributed by atoms with Crippen molar-refractivity contribution in [2.75, 3.05) is 0 Å². The summed E-state index contributed by atoms with van der Waals surface area (Å²) in [5, 5.41) is 0. The minimum Gasteiger partial charge on any atom is -0.324 e. The maximum absolute atomic E-state index is 10.7. The molecule has 0 aromatic rings. The van der Waals surface area contributed by atoms with E-state index in [1.165, 1.54) is 0 Å². The number of hydrogen-bond donors (Lipinski definition) is 2. The van der Waals surface area contributed by atoms with Gasteiger partial charge in [-0.25, -0.2) is 0 Å². The average molecular weight is 178 g/mol. The van der Waals surface area contributed by atoms with Gasteiger partial charge in [0.15, 0.2) is 0 Å². The van der Waals surface area contributed by atoms with Crippen molar-refractivity contribution in [2.45, 2.75) is 25.9 Å². The molecule has 2 atom stereocenters. The predicted molar refractivity (Wildman–Crippen MR) is 45.5 cm³/mol. The molecule has 2 unspecified atom stereocenters. The lowest BCUT2D eigenvalue weighted by atomic mass is 10.1. The highest BCUT2D eigenvalue weighted by Crippen LogP contribution is 2.45. The Labute approximate surface area is 67.3 Å². The minimum absolute atomic E-state index is 0.00617. The molecule has 2 N–H and O–H groups in total. The molecule has 4 heteroatoms. The van der Waals surface area contributed by atoms with Crippen LogP contribution in [0.4, 0.5) is 0 Å². The molecule has 3 nitrogen and oxygen atoms in total. The number of rotatable bonds is 4. The third-order valence-corrected chi connectivity index (χ3v) is 3.46. The van der Waals surface area contributed by atoms with E-state index < -0.39 is 13.3 Å². The molecule has 0 amide bonds. The molecule has 11 heavy (non-hydrogen) atoms. The quantitative estimate of drug-likeness (QED) is 0.509. The second kappa shape index (κ2) is 4.05. The Morgan fingerprint density at radius 1 is 1.55 bits per heavy atom. The van der Waals surface area contributed by atoms with Crippen LogP contribution in [0.25, 0.3) is 0 Å². The topological polar surface area (TPSA) is 57.5 Å². The highest BCUT2D eigenvalue weighted by molar-refractivity contribution is 7.52. The highest BCUT2D eigenvalue weighted by atomic mass is 31.2. The predicted octanol–water partition coefficient (Wildman–Crippen LogP) is 1.76. The molecular formula is C7H15O3P. The largest absolute Gasteiger partial charge is 0.328 e. The lowest BCUT2D eigenvalue weighted by Gasteiger charge is -2.19. The second-order valence-electron chi connectivity index (χ2n) is 2.83. The Morgan fingerprint density at radius 3 is 2.27 bits per heavy atom. The van der Waals surface area contributed by atoms with Crippen molar-refractivity contribution in [1.29, 1.82) is 0 Å². The minimum atomic E-state index is -3.89. The molecule has 0 saturated carbocycles. The zero-order valence-corrected chi connectivity index (χ0v) is 7.79. The van der Waals surface area contributed by atoms with Crippen LogP contribution in [0, 0.1) is 5.92 Å². The van der Waals surface area contributed by atoms with Crippen molar-refractivity contribution in [3.8, 4) is 0 Å². The third kappa shape index (κ3) is 3.71. The van der Waals surface area contributed by atoms with E-state index in [1.807, 2.05) is 6.92 Å². The fourth-order valence-electron chi connectivity index (χ4n) is 0.791. The Bertz CT molecular complexity index is 173. The van der Waals surface area contributed by atoms with Gasteiger partial charge in [-0.2, -0.15) is 0 Å². The summed E-state index contributed by atoms with van der Waals surface area (Å²) < 4.78 is 10.7. The molecule has 0 spiro atoms. The SMILES string of the molecule is C=CCC(C)C(C)P(=O)(O)O. The first kappa shape index (κ1) is 10.9. The number of allylic oxidation sites excluding steroid dienone is 1. The normalized spacial score (nSPS) is 17.5. The van der Waals surface area contributed by atoms with Crippen LogP contribution in [0.2, 0.25) is 0 Å². The molecule has 0 bridgehead atoms. The molecule has 0 aliphatic carbocycles. The second-order valence-corrected chi connectivity index (χ2v) is 4.82. The van der Waals surface area contributed by atoms with Gasteiger partial charge in [0.25, 0.3) is 0 Å². The van der Waals surface area contributed by atoms with Crippen molar-refractivity contribution in [2.24, 2.45) is 5.92 Å². The lowest BCUT2D eigenvalue weighted by Crippen LogP contribution is -2.13. The van der Waals surface area contributed by atoms with E-state index in [-0.39, 0.29) is 5.92 Å². The van der Waals surface area contributed by atoms with Gasteiger partial charge in [-0.15, -0.1) is 6.58 Å². The van der Waals surface area contributed by atoms with Crippen LogP contribution < -0.4 is 0 Å². The van der Waals surface area contributed by atoms with E-state index in [0.29, 0.717) is 6.42 Å². The van der Waals surface area contributed by atoms with E-state index in [1.54, 1.807) is 13.0 Å². The van der Waals surface area contributed by atoms with Crippen LogP contribution in [0.1, 0.15) is 20.3 Å². The molecular weight excluding hydrogens is 163 g/mol. The molecule has 0 radical (unpaired) electrons. The van der Waals surface area contributed by atoms with Crippen molar-refractivity contribution < 1.29 is 14.4 Å². The lowest BCUT2D eigenvalue weighted by molar-refractivity contribution is 0.343. The average Bonchev–Trinajstić information content (AvgIpc) is 1.85. The first-order valence-corrected chi connectivity index (χ1v) is 5.24. The van der Waals surface area contributed by atoms with E-state index in [9.17, 15) is 4.57 Å². The Kier molecular flexibility index (Phi) is 4.01. The summed E-state index contributed by atoms with van der Waals surface area (Å²) in [6, 6.07) is 0. The molecule has 0 aliphatic rings. The van der Waals surface area contributed by atoms with E-state index in [0.717, 1.165) is 0 Å². The number of hydrogen-bond acceptors (Lipinski definition) is 1. The Hall–Kier alpha value is -0.110. The van der Waals surface area contributed by atoms with Crippen LogP contribution in [0.3, 0.4) is 0 Å². The summed E-state index contributed by atoms with van der Waals surface area (Å²) in [5.74, 6) is -0.00617. The van der Waals surface area contributed by atoms with Gasteiger partial charge >= 0.3 is 7.60 Å². The summed E-state index contributed by atoms with van der Waals surface area (Å²) in [4.78, 5) is 17.5. The van der Waals surface area contributed by atoms with Crippen LogP contribution in [0.5, 0.6) is 0 Å². The van der Waals surface area contributed by atoms with Gasteiger partial charge in [-0.05, 0) is 12.3 Å². The molecule has 66 valence electrons. The van der Waals surface area contributed by atoms with Gasteiger partial charge in [0.2, 0.25) is 0 Å². The molecule has 0 rings (SSSR count). The maximum atomic E-state index is 10.7. The third-order valence-electron chi connectivity index (χ3n) is 1.89. The molecule has 0 saturated heterocycles. The Morgan fingerprint density at radius 2 is 2.00 bits per heavy atom. The monoisotopic (exact) mass is 178 g/mol. The van der Waals surface area contributed by atoms with Gasteiger partial charge < -0.3 is 9.79 Å². The zero-order valence-electron chi connectivity index (χ0n) is 6.90. The summed E-state index contributed by atoms with van der Waals surface area (Å²) in [5.41, 5.74) is -0.569. The van der Waals surface area contributed by atoms with E-state index in [2.05, 4.69) is 6.58 Å². The van der Waals surface area contributed by atoms with Crippen molar-refractivity contribution >= 4 is 7.60 Å². The molecule has 0 aromatic heterocycles. The van der Waals surface area contributed by atoms with Crippen molar-refractivity contribution in [1.82, 2.24) is 0 Å². The van der Waals surface area contributed by atoms with Crippen LogP contribution in [-0.2, 0) is 4.57 Å². The smallest absolute Gasteiger partial charge is 0.324 e. The van der Waals surface area contributed by atoms with E-state index in [4.69, 9.17) is 9.79 Å². The molecule has 0 heterocycles. The molecule has 0 fully saturated rings. The fraction of sp³-hybridized carbons (Fsp3) is 0.714. The van der Waals surface area contributed by atoms with Crippen LogP contribution >= 0.6 is 7.60 Å². The van der Waals surface area contributed by atoms with Gasteiger partial charge in [-0.1, -0.05) is 19.9 Å². The highest BCUT2D eigenvalue weighted by Gasteiger charge is 2.28. The summed E-state index contributed by atoms with van der Waals surface area (Å²) in [7, 11) is -3.89. The molecule has 0 aromatic carbocycles. The zero-order chi connectivity index (χ0) is 9.07. The summed E-state index contributed by atoms with van der Waals surface area (Å²) >= 11 is 0. The Balaban J connectivity index is 4.12. The van der Waals surface area contributed by atoms with Crippen molar-refractivity contribution in [3.05, 3.63) is 12.7 Å². The maximum Gasteiger partial charge on any atom is 0.328 e.